The molecule has 5 rings (SSSR count). The minimum Gasteiger partial charge on any atom is -0.467 e. The summed E-state index contributed by atoms with van der Waals surface area (Å²) in [6.07, 6.45) is 5.64. The molecule has 1 aliphatic heterocycles. The van der Waals surface area contributed by atoms with Crippen LogP contribution in [-0.2, 0) is 25.4 Å². The third kappa shape index (κ3) is 2.38. The molecule has 5 nitrogen and oxygen atoms in total. The largest absolute Gasteiger partial charge is 0.467 e. The van der Waals surface area contributed by atoms with Crippen molar-refractivity contribution in [2.45, 2.75) is 25.6 Å². The zero-order valence-electron chi connectivity index (χ0n) is 15.7. The molecule has 3 atom stereocenters. The summed E-state index contributed by atoms with van der Waals surface area (Å²) in [6.45, 7) is 3.34. The SMILES string of the molecule is COCOc1cccc2c1C1=CC[C@H]3[C@@H](C(=O)C=C(C)C34OCCO4)[C@@H]1C2. The second-order valence-corrected chi connectivity index (χ2v) is 7.77. The van der Waals surface area contributed by atoms with E-state index >= 15 is 0 Å². The van der Waals surface area contributed by atoms with Gasteiger partial charge in [0.1, 0.15) is 5.75 Å². The number of rotatable bonds is 3. The number of hydrogen-bond acceptors (Lipinski definition) is 5. The van der Waals surface area contributed by atoms with E-state index in [9.17, 15) is 4.79 Å². The Bertz CT molecular complexity index is 846. The highest BCUT2D eigenvalue weighted by Crippen LogP contribution is 2.56. The van der Waals surface area contributed by atoms with Gasteiger partial charge in [-0.15, -0.1) is 0 Å². The number of benzene rings is 1. The quantitative estimate of drug-likeness (QED) is 0.768. The normalized spacial score (nSPS) is 30.4. The second-order valence-electron chi connectivity index (χ2n) is 7.77. The molecule has 27 heavy (non-hydrogen) atoms. The molecule has 5 heteroatoms. The molecule has 4 aliphatic rings. The fourth-order valence-corrected chi connectivity index (χ4v) is 5.46. The summed E-state index contributed by atoms with van der Waals surface area (Å²) in [5, 5.41) is 0. The van der Waals surface area contributed by atoms with Gasteiger partial charge < -0.3 is 18.9 Å². The highest BCUT2D eigenvalue weighted by atomic mass is 16.7. The van der Waals surface area contributed by atoms with Crippen molar-refractivity contribution in [2.24, 2.45) is 17.8 Å². The lowest BCUT2D eigenvalue weighted by molar-refractivity contribution is -0.188. The van der Waals surface area contributed by atoms with Gasteiger partial charge in [-0.1, -0.05) is 18.2 Å². The lowest BCUT2D eigenvalue weighted by atomic mass is 9.63. The number of ether oxygens (including phenoxy) is 4. The Morgan fingerprint density at radius 3 is 2.85 bits per heavy atom. The molecule has 1 fully saturated rings. The fraction of sp³-hybridized carbons (Fsp3) is 0.500. The Kier molecular flexibility index (Phi) is 4.00. The molecular weight excluding hydrogens is 344 g/mol. The fourth-order valence-electron chi connectivity index (χ4n) is 5.46. The van der Waals surface area contributed by atoms with Crippen LogP contribution in [0.2, 0.25) is 0 Å². The van der Waals surface area contributed by atoms with E-state index in [2.05, 4.69) is 12.1 Å². The van der Waals surface area contributed by atoms with Gasteiger partial charge in [-0.3, -0.25) is 4.79 Å². The van der Waals surface area contributed by atoms with E-state index in [1.807, 2.05) is 19.1 Å². The van der Waals surface area contributed by atoms with Crippen molar-refractivity contribution in [2.75, 3.05) is 27.1 Å². The molecule has 0 unspecified atom stereocenters. The molecule has 0 bridgehead atoms. The van der Waals surface area contributed by atoms with Gasteiger partial charge in [0.25, 0.3) is 0 Å². The van der Waals surface area contributed by atoms with Crippen LogP contribution in [0.4, 0.5) is 0 Å². The molecule has 1 spiro atoms. The maximum absolute atomic E-state index is 13.1. The summed E-state index contributed by atoms with van der Waals surface area (Å²) in [5.74, 6) is 0.362. The molecule has 1 aromatic carbocycles. The van der Waals surface area contributed by atoms with Gasteiger partial charge in [0.15, 0.2) is 18.4 Å². The van der Waals surface area contributed by atoms with Gasteiger partial charge in [-0.25, -0.2) is 0 Å². The summed E-state index contributed by atoms with van der Waals surface area (Å²) < 4.78 is 23.1. The molecule has 0 radical (unpaired) electrons. The van der Waals surface area contributed by atoms with E-state index in [1.54, 1.807) is 13.2 Å². The highest BCUT2D eigenvalue weighted by molar-refractivity contribution is 5.97. The summed E-state index contributed by atoms with van der Waals surface area (Å²) in [4.78, 5) is 13.1. The first-order valence-corrected chi connectivity index (χ1v) is 9.60. The lowest BCUT2D eigenvalue weighted by Crippen LogP contribution is -2.52. The van der Waals surface area contributed by atoms with Crippen LogP contribution in [0.5, 0.6) is 5.75 Å². The molecule has 3 aliphatic carbocycles. The van der Waals surface area contributed by atoms with Crippen LogP contribution in [0, 0.1) is 17.8 Å². The summed E-state index contributed by atoms with van der Waals surface area (Å²) in [7, 11) is 1.62. The molecule has 1 aromatic rings. The first-order chi connectivity index (χ1) is 13.2. The van der Waals surface area contributed by atoms with Crippen molar-refractivity contribution in [1.29, 1.82) is 0 Å². The van der Waals surface area contributed by atoms with Crippen LogP contribution < -0.4 is 4.74 Å². The monoisotopic (exact) mass is 368 g/mol. The average Bonchev–Trinajstić information content (AvgIpc) is 3.30. The third-order valence-corrected chi connectivity index (χ3v) is 6.47. The molecule has 0 aromatic heterocycles. The van der Waals surface area contributed by atoms with Crippen LogP contribution in [0.15, 0.2) is 35.9 Å². The predicted molar refractivity (Wildman–Crippen MR) is 99.1 cm³/mol. The Morgan fingerprint density at radius 2 is 2.07 bits per heavy atom. The summed E-state index contributed by atoms with van der Waals surface area (Å²) in [5.41, 5.74) is 4.51. The number of carbonyl (C=O) groups excluding carboxylic acids is 1. The maximum atomic E-state index is 13.1. The highest BCUT2D eigenvalue weighted by Gasteiger charge is 2.57. The third-order valence-electron chi connectivity index (χ3n) is 6.47. The van der Waals surface area contributed by atoms with Crippen molar-refractivity contribution in [3.8, 4) is 5.75 Å². The van der Waals surface area contributed by atoms with Gasteiger partial charge in [0, 0.05) is 24.5 Å². The minimum atomic E-state index is -0.731. The topological polar surface area (TPSA) is 54.0 Å². The molecule has 0 saturated carbocycles. The molecule has 0 amide bonds. The summed E-state index contributed by atoms with van der Waals surface area (Å²) >= 11 is 0. The van der Waals surface area contributed by atoms with E-state index in [1.165, 1.54) is 11.1 Å². The second kappa shape index (κ2) is 6.30. The molecule has 1 saturated heterocycles. The van der Waals surface area contributed by atoms with Crippen LogP contribution in [0.3, 0.4) is 0 Å². The van der Waals surface area contributed by atoms with Crippen molar-refractivity contribution >= 4 is 11.4 Å². The van der Waals surface area contributed by atoms with Crippen molar-refractivity contribution in [1.82, 2.24) is 0 Å². The van der Waals surface area contributed by atoms with E-state index in [4.69, 9.17) is 18.9 Å². The van der Waals surface area contributed by atoms with E-state index in [-0.39, 0.29) is 30.3 Å². The van der Waals surface area contributed by atoms with E-state index in [0.717, 1.165) is 29.7 Å². The smallest absolute Gasteiger partial charge is 0.194 e. The number of carbonyl (C=O) groups is 1. The Hall–Kier alpha value is -1.95. The first kappa shape index (κ1) is 17.2. The lowest BCUT2D eigenvalue weighted by Gasteiger charge is -2.46. The Morgan fingerprint density at radius 1 is 1.26 bits per heavy atom. The Balaban J connectivity index is 1.56. The first-order valence-electron chi connectivity index (χ1n) is 9.60. The average molecular weight is 368 g/mol. The number of ketones is 1. The van der Waals surface area contributed by atoms with Gasteiger partial charge in [-0.2, -0.15) is 0 Å². The van der Waals surface area contributed by atoms with Crippen molar-refractivity contribution in [3.63, 3.8) is 0 Å². The van der Waals surface area contributed by atoms with Crippen LogP contribution in [-0.4, -0.2) is 38.7 Å². The van der Waals surface area contributed by atoms with Crippen LogP contribution >= 0.6 is 0 Å². The van der Waals surface area contributed by atoms with Gasteiger partial charge in [0.05, 0.1) is 13.2 Å². The van der Waals surface area contributed by atoms with Crippen molar-refractivity contribution in [3.05, 3.63) is 47.1 Å². The van der Waals surface area contributed by atoms with Gasteiger partial charge >= 0.3 is 0 Å². The molecule has 1 heterocycles. The van der Waals surface area contributed by atoms with E-state index < -0.39 is 5.79 Å². The van der Waals surface area contributed by atoms with Gasteiger partial charge in [0.2, 0.25) is 0 Å². The zero-order valence-corrected chi connectivity index (χ0v) is 15.7. The minimum absolute atomic E-state index is 0.0314. The zero-order chi connectivity index (χ0) is 18.6. The molecule has 142 valence electrons. The van der Waals surface area contributed by atoms with Crippen molar-refractivity contribution < 1.29 is 23.7 Å². The number of allylic oxidation sites excluding steroid dienone is 3. The number of methoxy groups -OCH3 is 1. The molecular formula is C22H24O5. The van der Waals surface area contributed by atoms with Crippen LogP contribution in [0.25, 0.3) is 5.57 Å². The Labute approximate surface area is 158 Å². The number of hydrogen-bond donors (Lipinski definition) is 0. The molecule has 0 N–H and O–H groups in total. The standard InChI is InChI=1S/C22H24O5/c1-13-10-18(23)21-16-11-14-4-3-5-19(25-12-24-2)20(14)15(16)6-7-17(21)22(13)26-8-9-27-22/h3-6,10,16-17,21H,7-9,11-12H2,1-2H3/t16-,17+,21+/m1/s1. The summed E-state index contributed by atoms with van der Waals surface area (Å²) in [6, 6.07) is 6.12. The number of fused-ring (bicyclic) bond motifs is 6. The van der Waals surface area contributed by atoms with Gasteiger partial charge in [-0.05, 0) is 54.5 Å². The predicted octanol–water partition coefficient (Wildman–Crippen LogP) is 3.13. The van der Waals surface area contributed by atoms with Crippen LogP contribution in [0.1, 0.15) is 24.5 Å². The van der Waals surface area contributed by atoms with E-state index in [0.29, 0.717) is 13.2 Å². The maximum Gasteiger partial charge on any atom is 0.194 e.